The molecule has 0 aliphatic rings. The number of ether oxygens (including phenoxy) is 4. The maximum atomic E-state index is 11.0. The molecule has 27 heteroatoms. The second-order valence-corrected chi connectivity index (χ2v) is 14.9. The summed E-state index contributed by atoms with van der Waals surface area (Å²) < 4.78 is 55.4. The van der Waals surface area contributed by atoms with E-state index in [0.717, 1.165) is 0 Å². The molecule has 0 aromatic rings. The number of hydrogen-bond donors (Lipinski definition) is 0. The SMILES string of the molecule is CN(C)C(=O)COCC(=O)N(C)C.CN(C)C(=O)COCC(=O)N(C)C.CN(C)C(=O)COCC(=O)N(C)C.CN(C)C(=O)COCC(=O)N(C)C.O=C(S(=O)[O-])S(=O)[O-]. The number of carbonyl (C=O) groups excluding carboxylic acids is 9. The average Bonchev–Trinajstić information content (AvgIpc) is 3.14. The first-order valence-corrected chi connectivity index (χ1v) is 19.1. The molecule has 0 saturated heterocycles. The van der Waals surface area contributed by atoms with Gasteiger partial charge < -0.3 is 67.3 Å². The molecule has 2 atom stereocenters. The highest BCUT2D eigenvalue weighted by atomic mass is 32.3. The summed E-state index contributed by atoms with van der Waals surface area (Å²) in [4.78, 5) is 109. The lowest BCUT2D eigenvalue weighted by molar-refractivity contribution is -0.140. The summed E-state index contributed by atoms with van der Waals surface area (Å²) in [5, 5.41) is 0. The van der Waals surface area contributed by atoms with Crippen molar-refractivity contribution in [1.29, 1.82) is 0 Å². The zero-order valence-electron chi connectivity index (χ0n) is 37.5. The summed E-state index contributed by atoms with van der Waals surface area (Å²) >= 11 is -6.28. The summed E-state index contributed by atoms with van der Waals surface area (Å²) in [7, 11) is 26.2. The lowest BCUT2D eigenvalue weighted by Gasteiger charge is -2.12. The first kappa shape index (κ1) is 64.6. The van der Waals surface area contributed by atoms with Gasteiger partial charge in [-0.05, 0) is 0 Å². The fourth-order valence-corrected chi connectivity index (χ4v) is 2.44. The molecular weight excluding hydrogens is 845 g/mol. The summed E-state index contributed by atoms with van der Waals surface area (Å²) in [6.45, 7) is -0.392. The lowest BCUT2D eigenvalue weighted by atomic mass is 10.5. The van der Waals surface area contributed by atoms with E-state index in [1.54, 1.807) is 113 Å². The van der Waals surface area contributed by atoms with Crippen molar-refractivity contribution in [3.05, 3.63) is 0 Å². The van der Waals surface area contributed by atoms with Gasteiger partial charge in [0.25, 0.3) is 4.45 Å². The standard InChI is InChI=1S/4C8H16N2O3.CH2O5S2/c4*1-9(2)7(11)5-13-6-8(12)10(3)4;2-1(7(3)4)8(5)6/h4*5-6H2,1-4H3;(H,3,4)(H,5,6)/p-2. The van der Waals surface area contributed by atoms with Crippen LogP contribution in [0.2, 0.25) is 0 Å². The van der Waals surface area contributed by atoms with Crippen LogP contribution >= 0.6 is 0 Å². The monoisotopic (exact) mass is 908 g/mol. The van der Waals surface area contributed by atoms with Gasteiger partial charge in [0.2, 0.25) is 47.3 Å². The zero-order chi connectivity index (χ0) is 48.5. The molecule has 25 nitrogen and oxygen atoms in total. The Balaban J connectivity index is -0.000000212. The van der Waals surface area contributed by atoms with Crippen molar-refractivity contribution in [2.24, 2.45) is 0 Å². The minimum atomic E-state index is -3.14. The smallest absolute Gasteiger partial charge is 0.279 e. The average molecular weight is 909 g/mol. The van der Waals surface area contributed by atoms with E-state index in [-0.39, 0.29) is 100 Å². The Labute approximate surface area is 357 Å². The molecule has 352 valence electrons. The maximum absolute atomic E-state index is 11.0. The van der Waals surface area contributed by atoms with E-state index in [0.29, 0.717) is 0 Å². The Morgan fingerprint density at radius 2 is 0.400 bits per heavy atom. The largest absolute Gasteiger partial charge is 0.766 e. The predicted octanol–water partition coefficient (Wildman–Crippen LogP) is -4.42. The van der Waals surface area contributed by atoms with Crippen LogP contribution in [0, 0.1) is 0 Å². The quantitative estimate of drug-likeness (QED) is 0.132. The van der Waals surface area contributed by atoms with Crippen molar-refractivity contribution >= 4 is 73.9 Å². The Morgan fingerprint density at radius 1 is 0.300 bits per heavy atom. The number of hydrogen-bond acceptors (Lipinski definition) is 17. The van der Waals surface area contributed by atoms with Gasteiger partial charge in [-0.3, -0.25) is 51.6 Å². The molecule has 0 heterocycles. The molecule has 0 aromatic carbocycles. The fraction of sp³-hybridized carbons (Fsp3) is 0.727. The number of likely N-dealkylation sites (N-methyl/N-ethyl adjacent to an activating group) is 8. The van der Waals surface area contributed by atoms with E-state index in [1.165, 1.54) is 39.2 Å². The van der Waals surface area contributed by atoms with Crippen molar-refractivity contribution in [2.75, 3.05) is 166 Å². The number of rotatable bonds is 16. The fourth-order valence-electron chi connectivity index (χ4n) is 1.99. The second-order valence-electron chi connectivity index (χ2n) is 13.0. The van der Waals surface area contributed by atoms with E-state index in [1.807, 2.05) is 0 Å². The summed E-state index contributed by atoms with van der Waals surface area (Å²) in [5.41, 5.74) is 0. The van der Waals surface area contributed by atoms with Gasteiger partial charge in [-0.25, -0.2) is 0 Å². The molecule has 0 N–H and O–H groups in total. The van der Waals surface area contributed by atoms with Crippen LogP contribution in [0.3, 0.4) is 0 Å². The molecule has 8 amide bonds. The van der Waals surface area contributed by atoms with Crippen molar-refractivity contribution in [2.45, 2.75) is 0 Å². The van der Waals surface area contributed by atoms with Gasteiger partial charge >= 0.3 is 0 Å². The Hall–Kier alpha value is -4.51. The highest BCUT2D eigenvalue weighted by molar-refractivity contribution is 8.21. The second kappa shape index (κ2) is 37.5. The highest BCUT2D eigenvalue weighted by Crippen LogP contribution is 1.88. The van der Waals surface area contributed by atoms with Crippen LogP contribution in [0.4, 0.5) is 4.79 Å². The molecule has 60 heavy (non-hydrogen) atoms. The minimum absolute atomic E-state index is 0.0490. The van der Waals surface area contributed by atoms with E-state index in [2.05, 4.69) is 0 Å². The third-order valence-electron chi connectivity index (χ3n) is 6.07. The van der Waals surface area contributed by atoms with Crippen molar-refractivity contribution in [1.82, 2.24) is 39.2 Å². The predicted molar refractivity (Wildman–Crippen MR) is 216 cm³/mol. The summed E-state index contributed by atoms with van der Waals surface area (Å²) in [6.07, 6.45) is 0. The van der Waals surface area contributed by atoms with Gasteiger partial charge in [-0.1, -0.05) is 0 Å². The normalized spacial score (nSPS) is 10.6. The molecule has 0 rings (SSSR count). The zero-order valence-corrected chi connectivity index (χ0v) is 39.1. The van der Waals surface area contributed by atoms with Crippen LogP contribution in [0.1, 0.15) is 0 Å². The van der Waals surface area contributed by atoms with Gasteiger partial charge in [-0.15, -0.1) is 0 Å². The van der Waals surface area contributed by atoms with E-state index in [9.17, 15) is 60.7 Å². The molecule has 0 fully saturated rings. The first-order valence-electron chi connectivity index (χ1n) is 17.0. The van der Waals surface area contributed by atoms with Crippen LogP contribution in [0.25, 0.3) is 0 Å². The van der Waals surface area contributed by atoms with Crippen LogP contribution in [0.15, 0.2) is 0 Å². The molecule has 0 aromatic heterocycles. The molecule has 0 saturated carbocycles. The molecule has 0 bridgehead atoms. The van der Waals surface area contributed by atoms with E-state index in [4.69, 9.17) is 18.9 Å². The molecule has 0 spiro atoms. The maximum Gasteiger partial charge on any atom is 0.279 e. The summed E-state index contributed by atoms with van der Waals surface area (Å²) in [5.74, 6) is -1.17. The van der Waals surface area contributed by atoms with E-state index < -0.39 is 26.6 Å². The van der Waals surface area contributed by atoms with Gasteiger partial charge in [0.1, 0.15) is 52.9 Å². The third kappa shape index (κ3) is 41.6. The molecule has 0 radical (unpaired) electrons. The van der Waals surface area contributed by atoms with Gasteiger partial charge in [0, 0.05) is 135 Å². The minimum Gasteiger partial charge on any atom is -0.766 e. The topological polar surface area (TPSA) is 297 Å². The number of nitrogens with zero attached hydrogens (tertiary/aromatic N) is 8. The van der Waals surface area contributed by atoms with Crippen LogP contribution < -0.4 is 0 Å². The Morgan fingerprint density at radius 3 is 0.450 bits per heavy atom. The summed E-state index contributed by atoms with van der Waals surface area (Å²) in [6, 6.07) is 0. The van der Waals surface area contributed by atoms with Gasteiger partial charge in [0.05, 0.1) is 0 Å². The third-order valence-corrected chi connectivity index (χ3v) is 7.43. The van der Waals surface area contributed by atoms with Crippen LogP contribution in [0.5, 0.6) is 0 Å². The van der Waals surface area contributed by atoms with Crippen molar-refractivity contribution in [3.8, 4) is 0 Å². The van der Waals surface area contributed by atoms with Gasteiger partial charge in [-0.2, -0.15) is 0 Å². The van der Waals surface area contributed by atoms with Crippen LogP contribution in [-0.2, 0) is 79.5 Å². The van der Waals surface area contributed by atoms with Crippen LogP contribution in [-0.4, -0.2) is 274 Å². The van der Waals surface area contributed by atoms with E-state index >= 15 is 0 Å². The Kier molecular flexibility index (Phi) is 40.4. The first-order chi connectivity index (χ1) is 27.3. The highest BCUT2D eigenvalue weighted by Gasteiger charge is 2.10. The molecular formula is C33H64N8O17S2-2. The number of amides is 8. The Bertz CT molecular complexity index is 1130. The molecule has 0 aliphatic heterocycles. The number of carbonyl (C=O) groups is 9. The van der Waals surface area contributed by atoms with Crippen molar-refractivity contribution in [3.63, 3.8) is 0 Å². The van der Waals surface area contributed by atoms with Gasteiger partial charge in [0.15, 0.2) is 0 Å². The van der Waals surface area contributed by atoms with Crippen molar-refractivity contribution < 1.29 is 79.6 Å². The molecule has 0 aliphatic carbocycles. The lowest BCUT2D eigenvalue weighted by Crippen LogP contribution is -2.30. The molecule has 2 unspecified atom stereocenters.